The maximum absolute atomic E-state index is 12.8. The summed E-state index contributed by atoms with van der Waals surface area (Å²) < 4.78 is 75.8. The third kappa shape index (κ3) is 4.72. The Bertz CT molecular complexity index is 856. The highest BCUT2D eigenvalue weighted by atomic mass is 32.2. The number of ketones is 1. The van der Waals surface area contributed by atoms with Gasteiger partial charge >= 0.3 is 12.4 Å². The second kappa shape index (κ2) is 7.33. The molecular formula is C15H7F6N3OS. The Labute approximate surface area is 146 Å². The summed E-state index contributed by atoms with van der Waals surface area (Å²) in [5.74, 6) is -0.987. The van der Waals surface area contributed by atoms with E-state index in [9.17, 15) is 31.1 Å². The number of benzene rings is 1. The number of hydrogen-bond acceptors (Lipinski definition) is 5. The summed E-state index contributed by atoms with van der Waals surface area (Å²) in [6.07, 6.45) is -8.71. The molecule has 0 aliphatic heterocycles. The van der Waals surface area contributed by atoms with Crippen LogP contribution >= 0.6 is 11.8 Å². The van der Waals surface area contributed by atoms with E-state index in [4.69, 9.17) is 5.26 Å². The molecule has 0 spiro atoms. The standard InChI is InChI=1S/C15H7F6N3OS/c16-14(17,18)10-3-1-8(2-4-10)11(25)7-26-13-23-6-9(5-22)12(24-13)15(19,20)21/h1-4,6H,7H2. The van der Waals surface area contributed by atoms with Crippen molar-refractivity contribution in [2.75, 3.05) is 5.75 Å². The molecule has 0 bridgehead atoms. The molecule has 0 N–H and O–H groups in total. The van der Waals surface area contributed by atoms with Crippen molar-refractivity contribution in [2.24, 2.45) is 0 Å². The van der Waals surface area contributed by atoms with Crippen molar-refractivity contribution in [3.05, 3.63) is 52.8 Å². The molecule has 1 heterocycles. The van der Waals surface area contributed by atoms with Crippen molar-refractivity contribution >= 4 is 17.5 Å². The molecule has 2 aromatic rings. The molecule has 136 valence electrons. The van der Waals surface area contributed by atoms with Crippen LogP contribution in [0.4, 0.5) is 26.3 Å². The first-order valence-electron chi connectivity index (χ1n) is 6.70. The van der Waals surface area contributed by atoms with Crippen LogP contribution in [-0.4, -0.2) is 21.5 Å². The first kappa shape index (κ1) is 19.7. The minimum Gasteiger partial charge on any atom is -0.293 e. The minimum atomic E-state index is -4.86. The smallest absolute Gasteiger partial charge is 0.293 e. The molecule has 26 heavy (non-hydrogen) atoms. The van der Waals surface area contributed by atoms with E-state index >= 15 is 0 Å². The van der Waals surface area contributed by atoms with Gasteiger partial charge in [0.2, 0.25) is 0 Å². The normalized spacial score (nSPS) is 11.9. The number of rotatable bonds is 4. The quantitative estimate of drug-likeness (QED) is 0.335. The van der Waals surface area contributed by atoms with Crippen LogP contribution in [0.25, 0.3) is 0 Å². The van der Waals surface area contributed by atoms with Gasteiger partial charge in [0, 0.05) is 11.8 Å². The number of nitriles is 1. The predicted molar refractivity (Wildman–Crippen MR) is 78.2 cm³/mol. The maximum Gasteiger partial charge on any atom is 0.434 e. The fraction of sp³-hybridized carbons (Fsp3) is 0.200. The number of carbonyl (C=O) groups excluding carboxylic acids is 1. The Morgan fingerprint density at radius 2 is 1.69 bits per heavy atom. The monoisotopic (exact) mass is 391 g/mol. The molecule has 1 aromatic carbocycles. The van der Waals surface area contributed by atoms with Gasteiger partial charge in [0.15, 0.2) is 16.6 Å². The van der Waals surface area contributed by atoms with E-state index < -0.39 is 35.0 Å². The molecule has 0 aliphatic rings. The lowest BCUT2D eigenvalue weighted by molar-refractivity contribution is -0.142. The first-order valence-corrected chi connectivity index (χ1v) is 7.68. The number of thioether (sulfide) groups is 1. The van der Waals surface area contributed by atoms with Crippen molar-refractivity contribution < 1.29 is 31.1 Å². The first-order chi connectivity index (χ1) is 12.0. The van der Waals surface area contributed by atoms with Crippen molar-refractivity contribution in [1.29, 1.82) is 5.26 Å². The average molecular weight is 391 g/mol. The van der Waals surface area contributed by atoms with Crippen LogP contribution in [0, 0.1) is 11.3 Å². The van der Waals surface area contributed by atoms with Crippen LogP contribution < -0.4 is 0 Å². The fourth-order valence-electron chi connectivity index (χ4n) is 1.79. The van der Waals surface area contributed by atoms with E-state index in [1.165, 1.54) is 6.07 Å². The summed E-state index contributed by atoms with van der Waals surface area (Å²) >= 11 is 0.579. The van der Waals surface area contributed by atoms with Crippen molar-refractivity contribution in [2.45, 2.75) is 17.5 Å². The van der Waals surface area contributed by atoms with Crippen LogP contribution in [0.3, 0.4) is 0 Å². The van der Waals surface area contributed by atoms with E-state index in [0.29, 0.717) is 18.0 Å². The van der Waals surface area contributed by atoms with Crippen molar-refractivity contribution in [3.8, 4) is 6.07 Å². The molecular weight excluding hydrogens is 384 g/mol. The topological polar surface area (TPSA) is 66.6 Å². The largest absolute Gasteiger partial charge is 0.434 e. The lowest BCUT2D eigenvalue weighted by Gasteiger charge is -2.09. The summed E-state index contributed by atoms with van der Waals surface area (Å²) in [7, 11) is 0. The zero-order chi connectivity index (χ0) is 19.5. The van der Waals surface area contributed by atoms with Gasteiger partial charge in [0.05, 0.1) is 11.3 Å². The number of halogens is 6. The Kier molecular flexibility index (Phi) is 5.56. The minimum absolute atomic E-state index is 0.0322. The van der Waals surface area contributed by atoms with Crippen LogP contribution in [0.1, 0.15) is 27.2 Å². The Balaban J connectivity index is 2.11. The van der Waals surface area contributed by atoms with Gasteiger partial charge in [-0.05, 0) is 12.1 Å². The van der Waals surface area contributed by atoms with Crippen LogP contribution in [-0.2, 0) is 12.4 Å². The predicted octanol–water partition coefficient (Wildman–Crippen LogP) is 4.36. The highest BCUT2D eigenvalue weighted by Crippen LogP contribution is 2.31. The molecule has 0 unspecified atom stereocenters. The van der Waals surface area contributed by atoms with Gasteiger partial charge in [-0.1, -0.05) is 23.9 Å². The Morgan fingerprint density at radius 3 is 2.19 bits per heavy atom. The molecule has 0 fully saturated rings. The van der Waals surface area contributed by atoms with Gasteiger partial charge in [-0.15, -0.1) is 0 Å². The van der Waals surface area contributed by atoms with Crippen LogP contribution in [0.2, 0.25) is 0 Å². The number of hydrogen-bond donors (Lipinski definition) is 0. The SMILES string of the molecule is N#Cc1cnc(SCC(=O)c2ccc(C(F)(F)F)cc2)nc1C(F)(F)F. The maximum atomic E-state index is 12.8. The zero-order valence-corrected chi connectivity index (χ0v) is 13.3. The van der Waals surface area contributed by atoms with E-state index in [-0.39, 0.29) is 16.5 Å². The average Bonchev–Trinajstić information content (AvgIpc) is 2.58. The molecule has 0 aliphatic carbocycles. The van der Waals surface area contributed by atoms with Gasteiger partial charge in [0.1, 0.15) is 11.6 Å². The van der Waals surface area contributed by atoms with E-state index in [0.717, 1.165) is 24.3 Å². The Morgan fingerprint density at radius 1 is 1.08 bits per heavy atom. The van der Waals surface area contributed by atoms with E-state index in [2.05, 4.69) is 9.97 Å². The van der Waals surface area contributed by atoms with Gasteiger partial charge in [-0.2, -0.15) is 31.6 Å². The molecule has 0 radical (unpaired) electrons. The molecule has 0 amide bonds. The highest BCUT2D eigenvalue weighted by Gasteiger charge is 2.36. The van der Waals surface area contributed by atoms with E-state index in [1.54, 1.807) is 0 Å². The fourth-order valence-corrected chi connectivity index (χ4v) is 2.50. The number of Topliss-reactive ketones (excluding diaryl/α,β-unsaturated/α-hetero) is 1. The van der Waals surface area contributed by atoms with Crippen molar-refractivity contribution in [1.82, 2.24) is 9.97 Å². The molecule has 1 aromatic heterocycles. The summed E-state index contributed by atoms with van der Waals surface area (Å²) in [5, 5.41) is 8.27. The van der Waals surface area contributed by atoms with Gasteiger partial charge < -0.3 is 0 Å². The summed E-state index contributed by atoms with van der Waals surface area (Å²) in [6.45, 7) is 0. The van der Waals surface area contributed by atoms with Crippen LogP contribution in [0.5, 0.6) is 0 Å². The molecule has 4 nitrogen and oxygen atoms in total. The third-order valence-corrected chi connectivity index (χ3v) is 3.88. The third-order valence-electron chi connectivity index (χ3n) is 3.02. The molecule has 0 saturated heterocycles. The second-order valence-corrected chi connectivity index (χ2v) is 5.75. The van der Waals surface area contributed by atoms with Gasteiger partial charge in [0.25, 0.3) is 0 Å². The lowest BCUT2D eigenvalue weighted by Crippen LogP contribution is -2.13. The molecule has 2 rings (SSSR count). The van der Waals surface area contributed by atoms with E-state index in [1.807, 2.05) is 0 Å². The highest BCUT2D eigenvalue weighted by molar-refractivity contribution is 7.99. The van der Waals surface area contributed by atoms with Crippen molar-refractivity contribution in [3.63, 3.8) is 0 Å². The molecule has 0 saturated carbocycles. The lowest BCUT2D eigenvalue weighted by atomic mass is 10.1. The van der Waals surface area contributed by atoms with Gasteiger partial charge in [-0.3, -0.25) is 4.79 Å². The molecule has 0 atom stereocenters. The summed E-state index contributed by atoms with van der Waals surface area (Å²) in [4.78, 5) is 18.7. The number of nitrogens with zero attached hydrogens (tertiary/aromatic N) is 3. The van der Waals surface area contributed by atoms with Gasteiger partial charge in [-0.25, -0.2) is 9.97 Å². The second-order valence-electron chi connectivity index (χ2n) is 4.81. The molecule has 11 heteroatoms. The number of aromatic nitrogens is 2. The summed E-state index contributed by atoms with van der Waals surface area (Å²) in [6, 6.07) is 4.75. The zero-order valence-electron chi connectivity index (χ0n) is 12.5. The van der Waals surface area contributed by atoms with Crippen LogP contribution in [0.15, 0.2) is 35.6 Å². The number of alkyl halides is 6. The summed E-state index contributed by atoms with van der Waals surface area (Å²) in [5.41, 5.74) is -3.13. The Hall–Kier alpha value is -2.61. The number of carbonyl (C=O) groups is 1.